The van der Waals surface area contributed by atoms with Crippen LogP contribution in [-0.2, 0) is 22.9 Å². The topological polar surface area (TPSA) is 65.6 Å². The van der Waals surface area contributed by atoms with Crippen molar-refractivity contribution in [2.75, 3.05) is 25.7 Å². The second kappa shape index (κ2) is 7.81. The number of hydrogen-bond donors (Lipinski definition) is 1. The third-order valence-electron chi connectivity index (χ3n) is 5.24. The minimum Gasteiger partial charge on any atom is -0.496 e. The molecule has 1 saturated heterocycles. The number of nitrogens with one attached hydrogen (secondary N) is 1. The first-order valence-electron chi connectivity index (χ1n) is 9.09. The summed E-state index contributed by atoms with van der Waals surface area (Å²) in [5.41, 5.74) is 4.27. The standard InChI is InChI=1S/C19H26ClN3O3S/c1-13-18(14(2)23(21-13)17-7-8-27(24,25)12-17)11-22(3)10-15-9-16(20)5-6-19(15)26-4/h5-6,9,17H,7-8,10-12H2,1-4H3/p+1/t17-/m0/s1. The maximum Gasteiger partial charge on any atom is 0.152 e. The molecule has 1 aromatic heterocycles. The molecule has 1 aliphatic rings. The highest BCUT2D eigenvalue weighted by Crippen LogP contribution is 2.27. The van der Waals surface area contributed by atoms with Gasteiger partial charge in [0.05, 0.1) is 43.0 Å². The lowest BCUT2D eigenvalue weighted by Crippen LogP contribution is -3.06. The largest absolute Gasteiger partial charge is 0.496 e. The van der Waals surface area contributed by atoms with E-state index in [1.54, 1.807) is 7.11 Å². The fraction of sp³-hybridized carbons (Fsp3) is 0.526. The van der Waals surface area contributed by atoms with Crippen LogP contribution in [0.2, 0.25) is 5.02 Å². The van der Waals surface area contributed by atoms with Gasteiger partial charge in [0.1, 0.15) is 18.8 Å². The molecule has 0 aliphatic carbocycles. The summed E-state index contributed by atoms with van der Waals surface area (Å²) in [6.07, 6.45) is 0.645. The molecule has 1 unspecified atom stereocenters. The zero-order valence-corrected chi connectivity index (χ0v) is 17.8. The lowest BCUT2D eigenvalue weighted by molar-refractivity contribution is -0.907. The quantitative estimate of drug-likeness (QED) is 0.784. The van der Waals surface area contributed by atoms with E-state index >= 15 is 0 Å². The SMILES string of the molecule is COc1ccc(Cl)cc1C[NH+](C)Cc1c(C)nn([C@H]2CCS(=O)(=O)C2)c1C. The number of hydrogen-bond acceptors (Lipinski definition) is 4. The smallest absolute Gasteiger partial charge is 0.152 e. The molecule has 1 aromatic carbocycles. The van der Waals surface area contributed by atoms with Crippen molar-refractivity contribution in [2.24, 2.45) is 0 Å². The van der Waals surface area contributed by atoms with Gasteiger partial charge in [-0.1, -0.05) is 11.6 Å². The van der Waals surface area contributed by atoms with E-state index in [2.05, 4.69) is 12.1 Å². The van der Waals surface area contributed by atoms with Crippen molar-refractivity contribution in [2.45, 2.75) is 39.4 Å². The normalized spacial score (nSPS) is 20.0. The second-order valence-electron chi connectivity index (χ2n) is 7.42. The van der Waals surface area contributed by atoms with Crippen LogP contribution >= 0.6 is 11.6 Å². The van der Waals surface area contributed by atoms with Crippen LogP contribution in [0.25, 0.3) is 0 Å². The minimum atomic E-state index is -2.93. The van der Waals surface area contributed by atoms with Gasteiger partial charge in [-0.2, -0.15) is 5.10 Å². The molecule has 0 radical (unpaired) electrons. The molecule has 0 bridgehead atoms. The first-order chi connectivity index (χ1) is 12.7. The number of benzene rings is 1. The van der Waals surface area contributed by atoms with Crippen LogP contribution in [0.3, 0.4) is 0 Å². The van der Waals surface area contributed by atoms with Gasteiger partial charge in [0.15, 0.2) is 9.84 Å². The van der Waals surface area contributed by atoms with Gasteiger partial charge < -0.3 is 9.64 Å². The van der Waals surface area contributed by atoms with Gasteiger partial charge >= 0.3 is 0 Å². The Morgan fingerprint density at radius 3 is 2.70 bits per heavy atom. The number of quaternary nitrogens is 1. The highest BCUT2D eigenvalue weighted by Gasteiger charge is 2.31. The molecule has 6 nitrogen and oxygen atoms in total. The molecule has 2 heterocycles. The lowest BCUT2D eigenvalue weighted by Gasteiger charge is -2.17. The predicted molar refractivity (Wildman–Crippen MR) is 106 cm³/mol. The van der Waals surface area contributed by atoms with Gasteiger partial charge in [-0.3, -0.25) is 4.68 Å². The lowest BCUT2D eigenvalue weighted by atomic mass is 10.1. The fourth-order valence-electron chi connectivity index (χ4n) is 3.85. The molecule has 1 fully saturated rings. The average Bonchev–Trinajstić information content (AvgIpc) is 3.08. The number of methoxy groups -OCH3 is 1. The number of ether oxygens (including phenoxy) is 1. The van der Waals surface area contributed by atoms with Crippen molar-refractivity contribution in [3.05, 3.63) is 45.7 Å². The van der Waals surface area contributed by atoms with E-state index in [0.29, 0.717) is 11.4 Å². The van der Waals surface area contributed by atoms with E-state index in [1.807, 2.05) is 36.7 Å². The molecule has 27 heavy (non-hydrogen) atoms. The van der Waals surface area contributed by atoms with Crippen LogP contribution in [0.4, 0.5) is 0 Å². The van der Waals surface area contributed by atoms with Crippen molar-refractivity contribution in [1.29, 1.82) is 0 Å². The van der Waals surface area contributed by atoms with Crippen LogP contribution in [-0.4, -0.2) is 43.9 Å². The Bertz CT molecular complexity index is 940. The first-order valence-corrected chi connectivity index (χ1v) is 11.3. The number of aryl methyl sites for hydroxylation is 1. The van der Waals surface area contributed by atoms with Crippen molar-refractivity contribution in [1.82, 2.24) is 9.78 Å². The molecule has 0 saturated carbocycles. The zero-order valence-electron chi connectivity index (χ0n) is 16.3. The van der Waals surface area contributed by atoms with E-state index in [-0.39, 0.29) is 17.5 Å². The van der Waals surface area contributed by atoms with E-state index in [1.165, 1.54) is 10.5 Å². The van der Waals surface area contributed by atoms with Crippen LogP contribution in [0.15, 0.2) is 18.2 Å². The van der Waals surface area contributed by atoms with Crippen molar-refractivity contribution in [3.63, 3.8) is 0 Å². The van der Waals surface area contributed by atoms with Gasteiger partial charge in [-0.05, 0) is 38.5 Å². The maximum absolute atomic E-state index is 11.8. The number of sulfone groups is 1. The van der Waals surface area contributed by atoms with Crippen molar-refractivity contribution >= 4 is 21.4 Å². The van der Waals surface area contributed by atoms with Crippen LogP contribution in [0.1, 0.15) is 35.0 Å². The second-order valence-corrected chi connectivity index (χ2v) is 10.1. The molecule has 3 rings (SSSR count). The zero-order chi connectivity index (χ0) is 19.8. The van der Waals surface area contributed by atoms with E-state index in [9.17, 15) is 8.42 Å². The predicted octanol–water partition coefficient (Wildman–Crippen LogP) is 1.74. The Kier molecular flexibility index (Phi) is 5.84. The maximum atomic E-state index is 11.8. The molecule has 148 valence electrons. The third kappa shape index (κ3) is 4.47. The average molecular weight is 413 g/mol. The number of aromatic nitrogens is 2. The molecule has 1 N–H and O–H groups in total. The summed E-state index contributed by atoms with van der Waals surface area (Å²) in [4.78, 5) is 1.28. The Morgan fingerprint density at radius 2 is 2.07 bits per heavy atom. The summed E-state index contributed by atoms with van der Waals surface area (Å²) >= 11 is 6.14. The molecule has 0 amide bonds. The van der Waals surface area contributed by atoms with Gasteiger partial charge in [0.25, 0.3) is 0 Å². The van der Waals surface area contributed by atoms with Gasteiger partial charge in [0.2, 0.25) is 0 Å². The molecule has 2 aromatic rings. The molecule has 2 atom stereocenters. The van der Waals surface area contributed by atoms with Crippen molar-refractivity contribution < 1.29 is 18.1 Å². The monoisotopic (exact) mass is 412 g/mol. The fourth-order valence-corrected chi connectivity index (χ4v) is 5.74. The summed E-state index contributed by atoms with van der Waals surface area (Å²) in [6.45, 7) is 5.60. The third-order valence-corrected chi connectivity index (χ3v) is 7.23. The van der Waals surface area contributed by atoms with E-state index in [4.69, 9.17) is 16.3 Å². The van der Waals surface area contributed by atoms with Gasteiger partial charge in [-0.15, -0.1) is 0 Å². The van der Waals surface area contributed by atoms with Gasteiger partial charge in [0, 0.05) is 16.3 Å². The molecular formula is C19H27ClN3O3S+. The summed E-state index contributed by atoms with van der Waals surface area (Å²) < 4.78 is 31.0. The first kappa shape index (κ1) is 20.2. The minimum absolute atomic E-state index is 0.0456. The summed E-state index contributed by atoms with van der Waals surface area (Å²) in [5, 5.41) is 5.35. The summed E-state index contributed by atoms with van der Waals surface area (Å²) in [7, 11) is 0.852. The van der Waals surface area contributed by atoms with Crippen LogP contribution < -0.4 is 9.64 Å². The molecular weight excluding hydrogens is 386 g/mol. The van der Waals surface area contributed by atoms with E-state index in [0.717, 1.165) is 35.8 Å². The Morgan fingerprint density at radius 1 is 1.33 bits per heavy atom. The Hall–Kier alpha value is -1.57. The Balaban J connectivity index is 1.77. The summed E-state index contributed by atoms with van der Waals surface area (Å²) in [5.74, 6) is 1.28. The number of halogens is 1. The van der Waals surface area contributed by atoms with Crippen LogP contribution in [0.5, 0.6) is 5.75 Å². The summed E-state index contributed by atoms with van der Waals surface area (Å²) in [6, 6.07) is 5.61. The molecule has 1 aliphatic heterocycles. The highest BCUT2D eigenvalue weighted by molar-refractivity contribution is 7.91. The number of nitrogens with zero attached hydrogens (tertiary/aromatic N) is 2. The van der Waals surface area contributed by atoms with Gasteiger partial charge in [-0.25, -0.2) is 8.42 Å². The van der Waals surface area contributed by atoms with Crippen molar-refractivity contribution in [3.8, 4) is 5.75 Å². The molecule has 0 spiro atoms. The Labute approximate surface area is 166 Å². The van der Waals surface area contributed by atoms with Crippen LogP contribution in [0, 0.1) is 13.8 Å². The highest BCUT2D eigenvalue weighted by atomic mass is 35.5. The molecule has 8 heteroatoms. The number of rotatable bonds is 6. The van der Waals surface area contributed by atoms with E-state index < -0.39 is 9.84 Å².